The Morgan fingerprint density at radius 2 is 1.93 bits per heavy atom. The molecule has 0 spiro atoms. The van der Waals surface area contributed by atoms with Crippen molar-refractivity contribution in [1.29, 1.82) is 0 Å². The van der Waals surface area contributed by atoms with Crippen molar-refractivity contribution in [3.8, 4) is 5.82 Å². The third kappa shape index (κ3) is 3.59. The van der Waals surface area contributed by atoms with Crippen molar-refractivity contribution in [2.24, 2.45) is 0 Å². The molecule has 2 amide bonds. The third-order valence-electron chi connectivity index (χ3n) is 3.56. The van der Waals surface area contributed by atoms with Gasteiger partial charge in [0.25, 0.3) is 0 Å². The zero-order chi connectivity index (χ0) is 19.7. The van der Waals surface area contributed by atoms with Gasteiger partial charge in [-0.15, -0.1) is 16.6 Å². The summed E-state index contributed by atoms with van der Waals surface area (Å²) in [5.74, 6) is 0.355. The average Bonchev–Trinajstić information content (AvgIpc) is 3.30. The molecule has 4 rings (SSSR count). The van der Waals surface area contributed by atoms with E-state index in [4.69, 9.17) is 23.2 Å². The molecule has 0 aliphatic heterocycles. The summed E-state index contributed by atoms with van der Waals surface area (Å²) in [5, 5.41) is 18.1. The Morgan fingerprint density at radius 1 is 1.14 bits per heavy atom. The molecule has 0 unspecified atom stereocenters. The number of hydrogen-bond acceptors (Lipinski definition) is 7. The minimum atomic E-state index is -0.484. The van der Waals surface area contributed by atoms with Crippen LogP contribution < -0.4 is 10.6 Å². The molecule has 0 atom stereocenters. The van der Waals surface area contributed by atoms with Crippen LogP contribution in [0.1, 0.15) is 0 Å². The fourth-order valence-corrected chi connectivity index (χ4v) is 3.49. The number of nitrogens with one attached hydrogen (secondary N) is 2. The van der Waals surface area contributed by atoms with Gasteiger partial charge in [-0.3, -0.25) is 0 Å². The van der Waals surface area contributed by atoms with Crippen molar-refractivity contribution < 1.29 is 4.79 Å². The number of amides is 2. The van der Waals surface area contributed by atoms with Crippen LogP contribution >= 0.6 is 35.0 Å². The van der Waals surface area contributed by atoms with Crippen molar-refractivity contribution in [1.82, 2.24) is 34.6 Å². The summed E-state index contributed by atoms with van der Waals surface area (Å²) in [6, 6.07) is 1.07. The Bertz CT molecular complexity index is 1160. The molecule has 10 nitrogen and oxygen atoms in total. The molecule has 142 valence electrons. The zero-order valence-corrected chi connectivity index (χ0v) is 16.5. The standard InChI is InChI=1S/C15H11Cl2N9OS/c1-28-12-10(6-21-25-7-11(17)24-14(12)25)23-15(27)22-8-4-9(16)13(18-5-8)26-19-2-3-20-26/h2-7H,1H3,(H2,22,23,27). The highest BCUT2D eigenvalue weighted by atomic mass is 35.5. The molecule has 4 heterocycles. The lowest BCUT2D eigenvalue weighted by atomic mass is 10.4. The summed E-state index contributed by atoms with van der Waals surface area (Å²) >= 11 is 13.6. The molecule has 0 bridgehead atoms. The predicted octanol–water partition coefficient (Wildman–Crippen LogP) is 3.38. The van der Waals surface area contributed by atoms with E-state index in [0.717, 1.165) is 4.90 Å². The second kappa shape index (κ2) is 7.62. The van der Waals surface area contributed by atoms with Gasteiger partial charge in [0.15, 0.2) is 11.5 Å². The Morgan fingerprint density at radius 3 is 2.64 bits per heavy atom. The lowest BCUT2D eigenvalue weighted by Crippen LogP contribution is -2.20. The fourth-order valence-electron chi connectivity index (χ4n) is 2.43. The molecule has 0 saturated heterocycles. The normalized spacial score (nSPS) is 11.0. The number of nitrogens with zero attached hydrogens (tertiary/aromatic N) is 7. The first-order chi connectivity index (χ1) is 13.5. The predicted molar refractivity (Wildman–Crippen MR) is 107 cm³/mol. The first kappa shape index (κ1) is 18.5. The van der Waals surface area contributed by atoms with E-state index in [-0.39, 0.29) is 5.02 Å². The molecule has 2 N–H and O–H groups in total. The van der Waals surface area contributed by atoms with E-state index < -0.39 is 6.03 Å². The molecule has 13 heteroatoms. The molecule has 28 heavy (non-hydrogen) atoms. The molecule has 0 radical (unpaired) electrons. The zero-order valence-electron chi connectivity index (χ0n) is 14.2. The summed E-state index contributed by atoms with van der Waals surface area (Å²) in [6.07, 6.45) is 9.46. The number of imidazole rings is 1. The van der Waals surface area contributed by atoms with Gasteiger partial charge in [-0.25, -0.2) is 19.3 Å². The van der Waals surface area contributed by atoms with Crippen LogP contribution in [-0.4, -0.2) is 46.9 Å². The molecule has 0 saturated carbocycles. The van der Waals surface area contributed by atoms with Crippen molar-refractivity contribution >= 4 is 58.0 Å². The van der Waals surface area contributed by atoms with Crippen LogP contribution in [0.15, 0.2) is 41.9 Å². The van der Waals surface area contributed by atoms with Crippen molar-refractivity contribution in [3.05, 3.63) is 47.2 Å². The van der Waals surface area contributed by atoms with Crippen LogP contribution in [0.5, 0.6) is 0 Å². The van der Waals surface area contributed by atoms with Crippen molar-refractivity contribution in [3.63, 3.8) is 0 Å². The molecule has 0 fully saturated rings. The van der Waals surface area contributed by atoms with Crippen LogP contribution in [0.25, 0.3) is 11.5 Å². The van der Waals surface area contributed by atoms with Crippen molar-refractivity contribution in [2.75, 3.05) is 16.9 Å². The van der Waals surface area contributed by atoms with E-state index in [2.05, 4.69) is 35.9 Å². The van der Waals surface area contributed by atoms with E-state index in [1.54, 1.807) is 16.8 Å². The molecular formula is C15H11Cl2N9OS. The van der Waals surface area contributed by atoms with Gasteiger partial charge >= 0.3 is 6.03 Å². The first-order valence-corrected chi connectivity index (χ1v) is 9.71. The maximum Gasteiger partial charge on any atom is 0.323 e. The van der Waals surface area contributed by atoms with Gasteiger partial charge in [-0.1, -0.05) is 23.2 Å². The van der Waals surface area contributed by atoms with Crippen molar-refractivity contribution in [2.45, 2.75) is 4.90 Å². The summed E-state index contributed by atoms with van der Waals surface area (Å²) in [5.41, 5.74) is 1.45. The second-order valence-electron chi connectivity index (χ2n) is 5.35. The Labute approximate surface area is 172 Å². The number of urea groups is 1. The number of rotatable bonds is 4. The van der Waals surface area contributed by atoms with E-state index in [9.17, 15) is 4.79 Å². The number of aromatic nitrogens is 7. The smallest absolute Gasteiger partial charge is 0.306 e. The quantitative estimate of drug-likeness (QED) is 0.472. The fraction of sp³-hybridized carbons (Fsp3) is 0.0667. The first-order valence-electron chi connectivity index (χ1n) is 7.73. The molecule has 4 aromatic heterocycles. The summed E-state index contributed by atoms with van der Waals surface area (Å²) in [7, 11) is 0. The molecule has 4 aromatic rings. The number of carbonyl (C=O) groups excluding carboxylic acids is 1. The van der Waals surface area contributed by atoms with E-state index in [1.807, 2.05) is 6.26 Å². The van der Waals surface area contributed by atoms with Gasteiger partial charge in [0.2, 0.25) is 0 Å². The SMILES string of the molecule is CSc1c(NC(=O)Nc2cnc(-n3nccn3)c(Cl)c2)cnn2cc(Cl)nc12. The molecule has 0 aromatic carbocycles. The summed E-state index contributed by atoms with van der Waals surface area (Å²) in [4.78, 5) is 22.8. The van der Waals surface area contributed by atoms with Gasteiger partial charge in [0.05, 0.1) is 52.3 Å². The van der Waals surface area contributed by atoms with Crippen LogP contribution in [0, 0.1) is 0 Å². The van der Waals surface area contributed by atoms with Gasteiger partial charge < -0.3 is 10.6 Å². The molecule has 0 aliphatic carbocycles. The van der Waals surface area contributed by atoms with E-state index in [1.165, 1.54) is 41.3 Å². The lowest BCUT2D eigenvalue weighted by molar-refractivity contribution is 0.262. The number of pyridine rings is 1. The van der Waals surface area contributed by atoms with Gasteiger partial charge in [-0.05, 0) is 12.3 Å². The second-order valence-corrected chi connectivity index (χ2v) is 6.96. The average molecular weight is 436 g/mol. The summed E-state index contributed by atoms with van der Waals surface area (Å²) in [6.45, 7) is 0. The monoisotopic (exact) mass is 435 g/mol. The van der Waals surface area contributed by atoms with Crippen LogP contribution in [-0.2, 0) is 0 Å². The highest BCUT2D eigenvalue weighted by Crippen LogP contribution is 2.29. The highest BCUT2D eigenvalue weighted by Gasteiger charge is 2.15. The highest BCUT2D eigenvalue weighted by molar-refractivity contribution is 7.99. The number of halogens is 2. The summed E-state index contributed by atoms with van der Waals surface area (Å²) < 4.78 is 1.54. The number of hydrogen-bond donors (Lipinski definition) is 2. The topological polar surface area (TPSA) is 115 Å². The van der Waals surface area contributed by atoms with Crippen LogP contribution in [0.2, 0.25) is 10.2 Å². The Hall–Kier alpha value is -2.89. The van der Waals surface area contributed by atoms with Gasteiger partial charge in [0.1, 0.15) is 5.15 Å². The van der Waals surface area contributed by atoms with Gasteiger partial charge in [-0.2, -0.15) is 15.3 Å². The van der Waals surface area contributed by atoms with Gasteiger partial charge in [0, 0.05) is 0 Å². The van der Waals surface area contributed by atoms with E-state index >= 15 is 0 Å². The minimum Gasteiger partial charge on any atom is -0.306 e. The maximum atomic E-state index is 12.4. The minimum absolute atomic E-state index is 0.286. The third-order valence-corrected chi connectivity index (χ3v) is 4.83. The number of fused-ring (bicyclic) bond motifs is 1. The Balaban J connectivity index is 1.53. The van der Waals surface area contributed by atoms with Crippen LogP contribution in [0.4, 0.5) is 16.2 Å². The number of thioether (sulfide) groups is 1. The number of carbonyl (C=O) groups is 1. The van der Waals surface area contributed by atoms with Crippen LogP contribution in [0.3, 0.4) is 0 Å². The lowest BCUT2D eigenvalue weighted by Gasteiger charge is -2.11. The molecule has 0 aliphatic rings. The Kier molecular flexibility index (Phi) is 5.03. The number of anilines is 2. The molecular weight excluding hydrogens is 425 g/mol. The van der Waals surface area contributed by atoms with E-state index in [0.29, 0.717) is 28.0 Å². The largest absolute Gasteiger partial charge is 0.323 e. The maximum absolute atomic E-state index is 12.4.